The molecule has 0 aromatic carbocycles. The third-order valence-electron chi connectivity index (χ3n) is 2.98. The molecule has 6 heteroatoms. The Morgan fingerprint density at radius 2 is 2.00 bits per heavy atom. The van der Waals surface area contributed by atoms with Crippen LogP contribution >= 0.6 is 0 Å². The van der Waals surface area contributed by atoms with Crippen molar-refractivity contribution in [1.29, 1.82) is 0 Å². The summed E-state index contributed by atoms with van der Waals surface area (Å²) in [4.78, 5) is 12.0. The maximum atomic E-state index is 13.5. The van der Waals surface area contributed by atoms with Crippen LogP contribution in [0.4, 0.5) is 13.6 Å². The predicted molar refractivity (Wildman–Crippen MR) is 55.5 cm³/mol. The van der Waals surface area contributed by atoms with E-state index in [4.69, 9.17) is 10.8 Å². The average Bonchev–Trinajstić information content (AvgIpc) is 2.06. The Balaban J connectivity index is 3.05. The predicted octanol–water partition coefficient (Wildman–Crippen LogP) is 1.75. The van der Waals surface area contributed by atoms with Crippen molar-refractivity contribution in [3.63, 3.8) is 0 Å². The first kappa shape index (κ1) is 13.2. The first-order chi connectivity index (χ1) is 7.07. The lowest BCUT2D eigenvalue weighted by molar-refractivity contribution is -0.109. The molecule has 2 atom stereocenters. The Labute approximate surface area is 93.4 Å². The number of piperidine rings is 1. The van der Waals surface area contributed by atoms with Gasteiger partial charge >= 0.3 is 6.09 Å². The molecule has 2 unspecified atom stereocenters. The highest BCUT2D eigenvalue weighted by Gasteiger charge is 2.53. The molecule has 0 aromatic heterocycles. The van der Waals surface area contributed by atoms with Crippen molar-refractivity contribution in [3.8, 4) is 0 Å². The number of rotatable bonds is 0. The van der Waals surface area contributed by atoms with Gasteiger partial charge in [-0.1, -0.05) is 20.8 Å². The van der Waals surface area contributed by atoms with Gasteiger partial charge in [-0.05, 0) is 5.41 Å². The number of hydrogen-bond donors (Lipinski definition) is 2. The highest BCUT2D eigenvalue weighted by Crippen LogP contribution is 2.38. The number of nitrogens with two attached hydrogens (primary N) is 1. The van der Waals surface area contributed by atoms with E-state index in [0.717, 1.165) is 4.90 Å². The second kappa shape index (κ2) is 3.84. The Morgan fingerprint density at radius 1 is 1.50 bits per heavy atom. The molecule has 0 spiro atoms. The zero-order chi connectivity index (χ0) is 12.7. The van der Waals surface area contributed by atoms with Crippen LogP contribution in [0.2, 0.25) is 0 Å². The molecule has 94 valence electrons. The lowest BCUT2D eigenvalue weighted by atomic mass is 9.76. The summed E-state index contributed by atoms with van der Waals surface area (Å²) >= 11 is 0. The van der Waals surface area contributed by atoms with Crippen LogP contribution in [0.15, 0.2) is 0 Å². The zero-order valence-electron chi connectivity index (χ0n) is 9.70. The SMILES string of the molecule is CC(C)(C)C1C(N)C(F)(F)CCN1C(=O)O. The van der Waals surface area contributed by atoms with E-state index in [0.29, 0.717) is 0 Å². The van der Waals surface area contributed by atoms with E-state index >= 15 is 0 Å². The van der Waals surface area contributed by atoms with Gasteiger partial charge in [0.15, 0.2) is 0 Å². The van der Waals surface area contributed by atoms with E-state index in [1.807, 2.05) is 0 Å². The van der Waals surface area contributed by atoms with Gasteiger partial charge in [-0.2, -0.15) is 0 Å². The third-order valence-corrected chi connectivity index (χ3v) is 2.98. The normalized spacial score (nSPS) is 30.2. The minimum atomic E-state index is -3.00. The van der Waals surface area contributed by atoms with Crippen molar-refractivity contribution in [2.45, 2.75) is 45.2 Å². The molecular formula is C10H18F2N2O2. The summed E-state index contributed by atoms with van der Waals surface area (Å²) in [5.41, 5.74) is 4.91. The van der Waals surface area contributed by atoms with E-state index in [9.17, 15) is 13.6 Å². The molecule has 16 heavy (non-hydrogen) atoms. The largest absolute Gasteiger partial charge is 0.465 e. The van der Waals surface area contributed by atoms with Crippen molar-refractivity contribution in [2.75, 3.05) is 6.54 Å². The van der Waals surface area contributed by atoms with E-state index in [-0.39, 0.29) is 6.54 Å². The van der Waals surface area contributed by atoms with Gasteiger partial charge in [-0.25, -0.2) is 13.6 Å². The third kappa shape index (κ3) is 2.26. The van der Waals surface area contributed by atoms with Crippen LogP contribution in [0.5, 0.6) is 0 Å². The summed E-state index contributed by atoms with van der Waals surface area (Å²) in [6.45, 7) is 4.98. The fourth-order valence-electron chi connectivity index (χ4n) is 2.22. The van der Waals surface area contributed by atoms with Crippen LogP contribution in [0.25, 0.3) is 0 Å². The van der Waals surface area contributed by atoms with Gasteiger partial charge in [0, 0.05) is 13.0 Å². The highest BCUT2D eigenvalue weighted by atomic mass is 19.3. The summed E-state index contributed by atoms with van der Waals surface area (Å²) < 4.78 is 26.9. The molecule has 0 aliphatic carbocycles. The van der Waals surface area contributed by atoms with Crippen LogP contribution in [0.3, 0.4) is 0 Å². The van der Waals surface area contributed by atoms with Gasteiger partial charge in [0.2, 0.25) is 0 Å². The number of halogens is 2. The minimum Gasteiger partial charge on any atom is -0.465 e. The molecule has 0 saturated carbocycles. The van der Waals surface area contributed by atoms with Crippen LogP contribution < -0.4 is 5.73 Å². The molecular weight excluding hydrogens is 218 g/mol. The molecule has 0 bridgehead atoms. The van der Waals surface area contributed by atoms with Gasteiger partial charge < -0.3 is 15.7 Å². The summed E-state index contributed by atoms with van der Waals surface area (Å²) in [7, 11) is 0. The van der Waals surface area contributed by atoms with Crippen molar-refractivity contribution < 1.29 is 18.7 Å². The lowest BCUT2D eigenvalue weighted by Crippen LogP contribution is -2.66. The van der Waals surface area contributed by atoms with Crippen LogP contribution in [-0.2, 0) is 0 Å². The number of amides is 1. The first-order valence-corrected chi connectivity index (χ1v) is 5.20. The summed E-state index contributed by atoms with van der Waals surface area (Å²) in [6, 6.07) is -2.31. The average molecular weight is 236 g/mol. The number of nitrogens with zero attached hydrogens (tertiary/aromatic N) is 1. The molecule has 1 amide bonds. The van der Waals surface area contributed by atoms with Crippen molar-refractivity contribution in [1.82, 2.24) is 4.90 Å². The van der Waals surface area contributed by atoms with Crippen molar-refractivity contribution >= 4 is 6.09 Å². The van der Waals surface area contributed by atoms with Gasteiger partial charge in [-0.15, -0.1) is 0 Å². The van der Waals surface area contributed by atoms with E-state index in [2.05, 4.69) is 0 Å². The molecule has 4 nitrogen and oxygen atoms in total. The van der Waals surface area contributed by atoms with Gasteiger partial charge in [0.05, 0.1) is 12.1 Å². The maximum Gasteiger partial charge on any atom is 0.407 e. The quantitative estimate of drug-likeness (QED) is 0.673. The molecule has 1 aliphatic rings. The number of alkyl halides is 2. The van der Waals surface area contributed by atoms with Crippen LogP contribution in [0.1, 0.15) is 27.2 Å². The molecule has 1 fully saturated rings. The van der Waals surface area contributed by atoms with Crippen LogP contribution in [0, 0.1) is 5.41 Å². The summed E-state index contributed by atoms with van der Waals surface area (Å²) in [6.07, 6.45) is -1.70. The Bertz CT molecular complexity index is 289. The number of likely N-dealkylation sites (tertiary alicyclic amines) is 1. The Morgan fingerprint density at radius 3 is 2.38 bits per heavy atom. The molecule has 1 aliphatic heterocycles. The van der Waals surface area contributed by atoms with Gasteiger partial charge in [-0.3, -0.25) is 0 Å². The van der Waals surface area contributed by atoms with Gasteiger partial charge in [0.25, 0.3) is 5.92 Å². The molecule has 0 radical (unpaired) electrons. The fraction of sp³-hybridized carbons (Fsp3) is 0.900. The monoisotopic (exact) mass is 236 g/mol. The smallest absolute Gasteiger partial charge is 0.407 e. The standard InChI is InChI=1S/C10H18F2N2O2/c1-9(2,3)7-6(13)10(11,12)4-5-14(7)8(15)16/h6-7H,4-5,13H2,1-3H3,(H,15,16). The van der Waals surface area contributed by atoms with Crippen molar-refractivity contribution in [2.24, 2.45) is 11.1 Å². The lowest BCUT2D eigenvalue weighted by Gasteiger charge is -2.48. The van der Waals surface area contributed by atoms with Crippen LogP contribution in [-0.4, -0.2) is 40.7 Å². The molecule has 3 N–H and O–H groups in total. The molecule has 0 aromatic rings. The maximum absolute atomic E-state index is 13.5. The van der Waals surface area contributed by atoms with Gasteiger partial charge in [0.1, 0.15) is 0 Å². The minimum absolute atomic E-state index is 0.169. The Kier molecular flexibility index (Phi) is 3.15. The summed E-state index contributed by atoms with van der Waals surface area (Å²) in [5, 5.41) is 8.99. The highest BCUT2D eigenvalue weighted by molar-refractivity contribution is 5.66. The van der Waals surface area contributed by atoms with E-state index in [1.54, 1.807) is 20.8 Å². The first-order valence-electron chi connectivity index (χ1n) is 5.20. The Hall–Kier alpha value is -0.910. The molecule has 1 rings (SSSR count). The number of carboxylic acid groups (broad SMARTS) is 1. The van der Waals surface area contributed by atoms with E-state index in [1.165, 1.54) is 0 Å². The fourth-order valence-corrected chi connectivity index (χ4v) is 2.22. The second-order valence-electron chi connectivity index (χ2n) is 5.32. The zero-order valence-corrected chi connectivity index (χ0v) is 9.70. The second-order valence-corrected chi connectivity index (χ2v) is 5.32. The molecule has 1 saturated heterocycles. The van der Waals surface area contributed by atoms with E-state index < -0.39 is 35.9 Å². The number of carbonyl (C=O) groups is 1. The molecule has 1 heterocycles. The van der Waals surface area contributed by atoms with Crippen molar-refractivity contribution in [3.05, 3.63) is 0 Å². The topological polar surface area (TPSA) is 66.6 Å². The number of hydrogen-bond acceptors (Lipinski definition) is 2. The summed E-state index contributed by atoms with van der Waals surface area (Å²) in [5.74, 6) is -3.00.